The predicted molar refractivity (Wildman–Crippen MR) is 106 cm³/mol. The van der Waals surface area contributed by atoms with E-state index in [2.05, 4.69) is 63.0 Å². The third-order valence-corrected chi connectivity index (χ3v) is 6.38. The first-order valence-corrected chi connectivity index (χ1v) is 10.1. The molecule has 0 aliphatic carbocycles. The summed E-state index contributed by atoms with van der Waals surface area (Å²) in [5.41, 5.74) is 5.01. The molecule has 3 nitrogen and oxygen atoms in total. The van der Waals surface area contributed by atoms with Gasteiger partial charge in [0.25, 0.3) is 0 Å². The Labute approximate surface area is 154 Å². The summed E-state index contributed by atoms with van der Waals surface area (Å²) in [6.07, 6.45) is 4.68. The average molecular weight is 345 g/mol. The molecule has 0 atom stereocenters. The molecule has 0 unspecified atom stereocenters. The number of hydrogen-bond donors (Lipinski definition) is 1. The molecule has 1 aromatic rings. The molecule has 3 rings (SSSR count). The maximum Gasteiger partial charge on any atom is 0.0480 e. The van der Waals surface area contributed by atoms with Crippen LogP contribution in [0.25, 0.3) is 0 Å². The van der Waals surface area contributed by atoms with Gasteiger partial charge in [-0.05, 0) is 63.6 Å². The maximum absolute atomic E-state index is 5.50. The monoisotopic (exact) mass is 344 g/mol. The first-order chi connectivity index (χ1) is 11.9. The lowest BCUT2D eigenvalue weighted by atomic mass is 9.75. The fraction of sp³-hybridized carbons (Fsp3) is 0.727. The molecule has 140 valence electrons. The molecule has 0 spiro atoms. The highest BCUT2D eigenvalue weighted by Gasteiger charge is 2.44. The van der Waals surface area contributed by atoms with E-state index in [0.29, 0.717) is 6.04 Å². The average Bonchev–Trinajstić information content (AvgIpc) is 2.97. The first-order valence-electron chi connectivity index (χ1n) is 10.1. The Balaban J connectivity index is 1.92. The summed E-state index contributed by atoms with van der Waals surface area (Å²) in [4.78, 5) is 2.63. The number of nitrogens with one attached hydrogen (secondary N) is 1. The molecule has 0 aromatic heterocycles. The summed E-state index contributed by atoms with van der Waals surface area (Å²) in [6, 6.07) is 7.53. The van der Waals surface area contributed by atoms with Gasteiger partial charge < -0.3 is 15.0 Å². The van der Waals surface area contributed by atoms with Gasteiger partial charge in [0.1, 0.15) is 0 Å². The summed E-state index contributed by atoms with van der Waals surface area (Å²) < 4.78 is 5.50. The molecule has 2 heterocycles. The van der Waals surface area contributed by atoms with Crippen molar-refractivity contribution in [1.82, 2.24) is 5.32 Å². The van der Waals surface area contributed by atoms with Gasteiger partial charge in [-0.2, -0.15) is 0 Å². The van der Waals surface area contributed by atoms with Crippen molar-refractivity contribution >= 4 is 5.69 Å². The summed E-state index contributed by atoms with van der Waals surface area (Å²) in [5, 5.41) is 3.81. The number of benzene rings is 1. The zero-order valence-corrected chi connectivity index (χ0v) is 16.8. The lowest BCUT2D eigenvalue weighted by Gasteiger charge is -2.37. The molecule has 3 heteroatoms. The van der Waals surface area contributed by atoms with Crippen molar-refractivity contribution in [2.24, 2.45) is 0 Å². The molecule has 1 N–H and O–H groups in total. The van der Waals surface area contributed by atoms with Crippen LogP contribution >= 0.6 is 0 Å². The minimum Gasteiger partial charge on any atom is -0.381 e. The highest BCUT2D eigenvalue weighted by atomic mass is 16.5. The molecular formula is C22H36N2O. The first kappa shape index (κ1) is 18.7. The van der Waals surface area contributed by atoms with E-state index >= 15 is 0 Å². The normalized spacial score (nSPS) is 20.8. The Morgan fingerprint density at radius 3 is 2.44 bits per heavy atom. The van der Waals surface area contributed by atoms with Crippen LogP contribution in [0, 0.1) is 0 Å². The van der Waals surface area contributed by atoms with Crippen molar-refractivity contribution in [2.45, 2.75) is 83.8 Å². The largest absolute Gasteiger partial charge is 0.381 e. The fourth-order valence-electron chi connectivity index (χ4n) is 4.62. The molecular weight excluding hydrogens is 308 g/mol. The summed E-state index contributed by atoms with van der Waals surface area (Å²) in [7, 11) is 0. The Kier molecular flexibility index (Phi) is 5.45. The second-order valence-electron chi connectivity index (χ2n) is 8.82. The van der Waals surface area contributed by atoms with E-state index in [-0.39, 0.29) is 11.0 Å². The minimum absolute atomic E-state index is 0.160. The Bertz CT molecular complexity index is 580. The third-order valence-electron chi connectivity index (χ3n) is 6.38. The fourth-order valence-corrected chi connectivity index (χ4v) is 4.62. The van der Waals surface area contributed by atoms with Crippen LogP contribution in [0.3, 0.4) is 0 Å². The number of rotatable bonds is 5. The molecule has 0 bridgehead atoms. The number of ether oxygens (including phenoxy) is 1. The molecule has 1 saturated heterocycles. The smallest absolute Gasteiger partial charge is 0.0480 e. The van der Waals surface area contributed by atoms with Crippen LogP contribution in [0.1, 0.15) is 71.4 Å². The molecule has 25 heavy (non-hydrogen) atoms. The van der Waals surface area contributed by atoms with Gasteiger partial charge in [0.2, 0.25) is 0 Å². The Morgan fingerprint density at radius 2 is 1.84 bits per heavy atom. The topological polar surface area (TPSA) is 24.5 Å². The van der Waals surface area contributed by atoms with Crippen molar-refractivity contribution in [1.29, 1.82) is 0 Å². The van der Waals surface area contributed by atoms with Gasteiger partial charge in [-0.3, -0.25) is 0 Å². The van der Waals surface area contributed by atoms with E-state index in [9.17, 15) is 0 Å². The van der Waals surface area contributed by atoms with E-state index in [4.69, 9.17) is 4.74 Å². The lowest BCUT2D eigenvalue weighted by Crippen LogP contribution is -2.44. The van der Waals surface area contributed by atoms with Crippen molar-refractivity contribution in [3.05, 3.63) is 29.3 Å². The molecule has 1 fully saturated rings. The number of nitrogens with zero attached hydrogens (tertiary/aromatic N) is 1. The molecule has 1 aromatic carbocycles. The van der Waals surface area contributed by atoms with Crippen LogP contribution in [0.2, 0.25) is 0 Å². The van der Waals surface area contributed by atoms with Crippen molar-refractivity contribution in [3.8, 4) is 0 Å². The van der Waals surface area contributed by atoms with Crippen molar-refractivity contribution < 1.29 is 4.74 Å². The molecule has 0 saturated carbocycles. The van der Waals surface area contributed by atoms with E-state index in [1.54, 1.807) is 5.56 Å². The van der Waals surface area contributed by atoms with Gasteiger partial charge in [0.15, 0.2) is 0 Å². The second-order valence-corrected chi connectivity index (χ2v) is 8.82. The van der Waals surface area contributed by atoms with Gasteiger partial charge in [-0.25, -0.2) is 0 Å². The molecule has 2 aliphatic heterocycles. The highest BCUT2D eigenvalue weighted by Crippen LogP contribution is 2.49. The lowest BCUT2D eigenvalue weighted by molar-refractivity contribution is 0.0775. The van der Waals surface area contributed by atoms with Crippen LogP contribution in [0.15, 0.2) is 18.2 Å². The minimum atomic E-state index is 0.160. The van der Waals surface area contributed by atoms with Gasteiger partial charge in [0, 0.05) is 49.0 Å². The molecule has 0 amide bonds. The zero-order valence-electron chi connectivity index (χ0n) is 16.8. The Hall–Kier alpha value is -1.06. The van der Waals surface area contributed by atoms with Gasteiger partial charge in [-0.1, -0.05) is 26.0 Å². The third kappa shape index (κ3) is 3.59. The predicted octanol–water partition coefficient (Wildman–Crippen LogP) is 4.63. The number of anilines is 1. The second kappa shape index (κ2) is 7.28. The SMILES string of the molecule is CCC1(CC)CN(C(C)(C)C)c2cccc(CNC3CCOCC3)c21. The molecule has 2 aliphatic rings. The summed E-state index contributed by atoms with van der Waals surface area (Å²) >= 11 is 0. The van der Waals surface area contributed by atoms with Gasteiger partial charge in [0.05, 0.1) is 0 Å². The van der Waals surface area contributed by atoms with Crippen LogP contribution in [-0.4, -0.2) is 31.3 Å². The summed E-state index contributed by atoms with van der Waals surface area (Å²) in [5.74, 6) is 0. The van der Waals surface area contributed by atoms with Crippen LogP contribution in [0.4, 0.5) is 5.69 Å². The quantitative estimate of drug-likeness (QED) is 0.843. The molecule has 0 radical (unpaired) electrons. The highest BCUT2D eigenvalue weighted by molar-refractivity contribution is 5.67. The zero-order chi connectivity index (χ0) is 18.1. The van der Waals surface area contributed by atoms with Crippen LogP contribution in [0.5, 0.6) is 0 Å². The van der Waals surface area contributed by atoms with E-state index < -0.39 is 0 Å². The number of hydrogen-bond acceptors (Lipinski definition) is 3. The van der Waals surface area contributed by atoms with E-state index in [1.165, 1.54) is 24.1 Å². The van der Waals surface area contributed by atoms with Crippen LogP contribution < -0.4 is 10.2 Å². The van der Waals surface area contributed by atoms with Crippen LogP contribution in [-0.2, 0) is 16.7 Å². The van der Waals surface area contributed by atoms with Crippen molar-refractivity contribution in [2.75, 3.05) is 24.7 Å². The maximum atomic E-state index is 5.50. The van der Waals surface area contributed by atoms with E-state index in [1.807, 2.05) is 0 Å². The van der Waals surface area contributed by atoms with Crippen molar-refractivity contribution in [3.63, 3.8) is 0 Å². The van der Waals surface area contributed by atoms with Gasteiger partial charge in [-0.15, -0.1) is 0 Å². The Morgan fingerprint density at radius 1 is 1.16 bits per heavy atom. The summed E-state index contributed by atoms with van der Waals surface area (Å²) in [6.45, 7) is 15.7. The van der Waals surface area contributed by atoms with Gasteiger partial charge >= 0.3 is 0 Å². The standard InChI is InChI=1S/C22H36N2O/c1-6-22(7-2)16-24(21(3,4)5)19-10-8-9-17(20(19)22)15-23-18-11-13-25-14-12-18/h8-10,18,23H,6-7,11-16H2,1-5H3. The van der Waals surface area contributed by atoms with E-state index in [0.717, 1.165) is 39.1 Å². The number of fused-ring (bicyclic) bond motifs is 1.